The van der Waals surface area contributed by atoms with Crippen LogP contribution in [0.1, 0.15) is 18.4 Å². The molecule has 0 saturated carbocycles. The summed E-state index contributed by atoms with van der Waals surface area (Å²) in [5, 5.41) is 14.1. The topological polar surface area (TPSA) is 83.6 Å². The molecule has 21 heavy (non-hydrogen) atoms. The van der Waals surface area contributed by atoms with E-state index in [1.807, 2.05) is 0 Å². The molecule has 9 heteroatoms. The van der Waals surface area contributed by atoms with Crippen LogP contribution in [-0.4, -0.2) is 32.7 Å². The molecule has 1 aliphatic rings. The van der Waals surface area contributed by atoms with E-state index in [1.165, 1.54) is 6.07 Å². The Balaban J connectivity index is 2.53. The van der Waals surface area contributed by atoms with Crippen LogP contribution in [0, 0.1) is 0 Å². The highest BCUT2D eigenvalue weighted by Crippen LogP contribution is 2.37. The molecule has 0 aromatic heterocycles. The lowest BCUT2D eigenvalue weighted by Gasteiger charge is -2.26. The number of halogens is 3. The van der Waals surface area contributed by atoms with Gasteiger partial charge < -0.3 is 10.0 Å². The summed E-state index contributed by atoms with van der Waals surface area (Å²) in [5.41, 5.74) is -1.06. The fourth-order valence-electron chi connectivity index (χ4n) is 2.53. The molecule has 1 fully saturated rings. The van der Waals surface area contributed by atoms with Gasteiger partial charge in [-0.05, 0) is 31.0 Å². The van der Waals surface area contributed by atoms with Gasteiger partial charge in [-0.25, -0.2) is 13.6 Å². The Kier molecular flexibility index (Phi) is 4.18. The van der Waals surface area contributed by atoms with Gasteiger partial charge in [0.2, 0.25) is 10.0 Å². The van der Waals surface area contributed by atoms with Crippen molar-refractivity contribution in [2.45, 2.75) is 30.0 Å². The van der Waals surface area contributed by atoms with E-state index in [9.17, 15) is 26.7 Å². The van der Waals surface area contributed by atoms with Gasteiger partial charge in [0, 0.05) is 12.2 Å². The Hall–Kier alpha value is -1.32. The normalized spacial score (nSPS) is 20.0. The lowest BCUT2D eigenvalue weighted by Crippen LogP contribution is -2.32. The molecule has 0 radical (unpaired) electrons. The van der Waals surface area contributed by atoms with E-state index in [-0.39, 0.29) is 18.3 Å². The zero-order chi connectivity index (χ0) is 15.8. The number of anilines is 1. The molecule has 0 aliphatic carbocycles. The molecular weight excluding hydrogens is 309 g/mol. The van der Waals surface area contributed by atoms with Gasteiger partial charge in [0.25, 0.3) is 0 Å². The van der Waals surface area contributed by atoms with Crippen molar-refractivity contribution in [1.29, 1.82) is 0 Å². The number of primary sulfonamides is 1. The second-order valence-corrected chi connectivity index (χ2v) is 6.43. The highest BCUT2D eigenvalue weighted by molar-refractivity contribution is 7.89. The van der Waals surface area contributed by atoms with Gasteiger partial charge >= 0.3 is 6.18 Å². The molecule has 1 saturated heterocycles. The van der Waals surface area contributed by atoms with Crippen LogP contribution in [0.15, 0.2) is 23.1 Å². The Morgan fingerprint density at radius 2 is 2.05 bits per heavy atom. The summed E-state index contributed by atoms with van der Waals surface area (Å²) in [4.78, 5) is 0.695. The summed E-state index contributed by atoms with van der Waals surface area (Å²) in [6, 6.07) is 2.66. The average molecular weight is 324 g/mol. The van der Waals surface area contributed by atoms with E-state index in [2.05, 4.69) is 0 Å². The number of benzene rings is 1. The van der Waals surface area contributed by atoms with Crippen LogP contribution >= 0.6 is 0 Å². The number of aliphatic hydroxyl groups is 1. The van der Waals surface area contributed by atoms with Crippen molar-refractivity contribution < 1.29 is 26.7 Å². The first-order chi connectivity index (χ1) is 9.64. The van der Waals surface area contributed by atoms with E-state index < -0.39 is 26.7 Å². The summed E-state index contributed by atoms with van der Waals surface area (Å²) >= 11 is 0. The number of hydrogen-bond acceptors (Lipinski definition) is 4. The first-order valence-corrected chi connectivity index (χ1v) is 7.81. The summed E-state index contributed by atoms with van der Waals surface area (Å²) in [5.74, 6) is 0. The van der Waals surface area contributed by atoms with Crippen molar-refractivity contribution >= 4 is 15.7 Å². The van der Waals surface area contributed by atoms with Crippen LogP contribution in [0.25, 0.3) is 0 Å². The Labute approximate surface area is 120 Å². The third-order valence-corrected chi connectivity index (χ3v) is 4.46. The number of alkyl halides is 3. The Morgan fingerprint density at radius 3 is 2.57 bits per heavy atom. The summed E-state index contributed by atoms with van der Waals surface area (Å²) < 4.78 is 61.7. The Bertz CT molecular complexity index is 631. The molecular formula is C12H15F3N2O3S. The molecule has 1 heterocycles. The maximum Gasteiger partial charge on any atom is 0.417 e. The van der Waals surface area contributed by atoms with Gasteiger partial charge in [0.1, 0.15) is 0 Å². The largest absolute Gasteiger partial charge is 0.417 e. The Morgan fingerprint density at radius 1 is 1.38 bits per heavy atom. The van der Waals surface area contributed by atoms with Crippen molar-refractivity contribution in [3.05, 3.63) is 23.8 Å². The molecule has 2 rings (SSSR count). The number of nitrogens with zero attached hydrogens (tertiary/aromatic N) is 1. The second kappa shape index (κ2) is 5.47. The van der Waals surface area contributed by atoms with E-state index in [4.69, 9.17) is 5.14 Å². The molecule has 1 aliphatic heterocycles. The van der Waals surface area contributed by atoms with Crippen LogP contribution < -0.4 is 10.0 Å². The van der Waals surface area contributed by atoms with Gasteiger partial charge in [-0.1, -0.05) is 0 Å². The molecule has 3 N–H and O–H groups in total. The van der Waals surface area contributed by atoms with E-state index >= 15 is 0 Å². The number of rotatable bonds is 3. The van der Waals surface area contributed by atoms with Crippen molar-refractivity contribution in [3.63, 3.8) is 0 Å². The molecule has 0 spiro atoms. The summed E-state index contributed by atoms with van der Waals surface area (Å²) in [7, 11) is -4.46. The van der Waals surface area contributed by atoms with Crippen LogP contribution in [0.3, 0.4) is 0 Å². The highest BCUT2D eigenvalue weighted by atomic mass is 32.2. The van der Waals surface area contributed by atoms with Gasteiger partial charge in [-0.15, -0.1) is 0 Å². The third kappa shape index (κ3) is 3.30. The molecule has 118 valence electrons. The first kappa shape index (κ1) is 16.1. The molecule has 1 atom stereocenters. The molecule has 0 amide bonds. The predicted molar refractivity (Wildman–Crippen MR) is 70.3 cm³/mol. The average Bonchev–Trinajstić information content (AvgIpc) is 2.84. The van der Waals surface area contributed by atoms with Gasteiger partial charge in [-0.3, -0.25) is 0 Å². The fraction of sp³-hybridized carbons (Fsp3) is 0.500. The molecule has 1 aromatic carbocycles. The van der Waals surface area contributed by atoms with Gasteiger partial charge in [0.05, 0.1) is 23.1 Å². The summed E-state index contributed by atoms with van der Waals surface area (Å²) in [6.45, 7) is 0.343. The highest BCUT2D eigenvalue weighted by Gasteiger charge is 2.37. The number of hydrogen-bond donors (Lipinski definition) is 2. The van der Waals surface area contributed by atoms with Crippen molar-refractivity contribution in [2.24, 2.45) is 5.14 Å². The van der Waals surface area contributed by atoms with Crippen LogP contribution in [0.2, 0.25) is 0 Å². The maximum absolute atomic E-state index is 13.0. The third-order valence-electron chi connectivity index (χ3n) is 3.49. The molecule has 5 nitrogen and oxygen atoms in total. The quantitative estimate of drug-likeness (QED) is 0.878. The van der Waals surface area contributed by atoms with Crippen molar-refractivity contribution in [1.82, 2.24) is 0 Å². The lowest BCUT2D eigenvalue weighted by atomic mass is 10.1. The minimum Gasteiger partial charge on any atom is -0.394 e. The van der Waals surface area contributed by atoms with Crippen molar-refractivity contribution in [2.75, 3.05) is 18.1 Å². The molecule has 1 aromatic rings. The minimum atomic E-state index is -4.83. The SMILES string of the molecule is NS(=O)(=O)c1ccc(N2CCC[C@@H]2CO)cc1C(F)(F)F. The monoisotopic (exact) mass is 324 g/mol. The maximum atomic E-state index is 13.0. The van der Waals surface area contributed by atoms with E-state index in [0.717, 1.165) is 18.6 Å². The molecule has 0 unspecified atom stereocenters. The first-order valence-electron chi connectivity index (χ1n) is 6.26. The molecule has 0 bridgehead atoms. The minimum absolute atomic E-state index is 0.168. The van der Waals surface area contributed by atoms with Gasteiger partial charge in [0.15, 0.2) is 0 Å². The number of nitrogens with two attached hydrogens (primary N) is 1. The van der Waals surface area contributed by atoms with Crippen LogP contribution in [-0.2, 0) is 16.2 Å². The van der Waals surface area contributed by atoms with Crippen molar-refractivity contribution in [3.8, 4) is 0 Å². The van der Waals surface area contributed by atoms with Crippen LogP contribution in [0.4, 0.5) is 18.9 Å². The second-order valence-electron chi connectivity index (χ2n) is 4.90. The number of aliphatic hydroxyl groups excluding tert-OH is 1. The van der Waals surface area contributed by atoms with Gasteiger partial charge in [-0.2, -0.15) is 13.2 Å². The zero-order valence-corrected chi connectivity index (χ0v) is 11.8. The lowest BCUT2D eigenvalue weighted by molar-refractivity contribution is -0.139. The summed E-state index contributed by atoms with van der Waals surface area (Å²) in [6.07, 6.45) is -3.40. The van der Waals surface area contributed by atoms with E-state index in [0.29, 0.717) is 13.0 Å². The predicted octanol–water partition coefficient (Wildman–Crippen LogP) is 1.31. The number of sulfonamides is 1. The standard InChI is InChI=1S/C12H15F3N2O3S/c13-12(14,15)10-6-8(3-4-11(10)21(16,19)20)17-5-1-2-9(17)7-18/h3-4,6,9,18H,1-2,5,7H2,(H2,16,19,20)/t9-/m1/s1. The van der Waals surface area contributed by atoms with E-state index in [1.54, 1.807) is 4.90 Å². The van der Waals surface area contributed by atoms with Crippen LogP contribution in [0.5, 0.6) is 0 Å². The zero-order valence-electron chi connectivity index (χ0n) is 11.0. The smallest absolute Gasteiger partial charge is 0.394 e. The fourth-order valence-corrected chi connectivity index (χ4v) is 3.27.